The fourth-order valence-electron chi connectivity index (χ4n) is 2.55. The van der Waals surface area contributed by atoms with Crippen LogP contribution in [0.2, 0.25) is 10.0 Å². The normalized spacial score (nSPS) is 11.1. The number of halogens is 2. The van der Waals surface area contributed by atoms with E-state index in [1.807, 2.05) is 54.7 Å². The summed E-state index contributed by atoms with van der Waals surface area (Å²) in [6.45, 7) is 0. The molecule has 118 valence electrons. The summed E-state index contributed by atoms with van der Waals surface area (Å²) < 4.78 is 2.09. The van der Waals surface area contributed by atoms with E-state index in [1.54, 1.807) is 17.8 Å². The fourth-order valence-corrected chi connectivity index (χ4v) is 4.32. The Morgan fingerprint density at radius 3 is 2.29 bits per heavy atom. The Kier molecular flexibility index (Phi) is 4.23. The van der Waals surface area contributed by atoms with Crippen LogP contribution >= 0.6 is 35.0 Å². The molecule has 0 unspecified atom stereocenters. The highest BCUT2D eigenvalue weighted by Gasteiger charge is 2.15. The lowest BCUT2D eigenvalue weighted by Crippen LogP contribution is -1.87. The third-order valence-corrected chi connectivity index (χ3v) is 5.08. The van der Waals surface area contributed by atoms with Crippen molar-refractivity contribution in [2.24, 2.45) is 0 Å². The minimum atomic E-state index is 0.625. The largest absolute Gasteiger partial charge is 0.294 e. The maximum atomic E-state index is 6.15. The van der Waals surface area contributed by atoms with Crippen LogP contribution in [0.4, 0.5) is 0 Å². The highest BCUT2D eigenvalue weighted by Crippen LogP contribution is 2.38. The van der Waals surface area contributed by atoms with Crippen molar-refractivity contribution in [1.29, 1.82) is 0 Å². The van der Waals surface area contributed by atoms with Crippen LogP contribution < -0.4 is 0 Å². The lowest BCUT2D eigenvalue weighted by atomic mass is 10.2. The summed E-state index contributed by atoms with van der Waals surface area (Å²) in [4.78, 5) is 5.78. The average molecular weight is 371 g/mol. The van der Waals surface area contributed by atoms with Gasteiger partial charge < -0.3 is 0 Å². The van der Waals surface area contributed by atoms with E-state index in [0.717, 1.165) is 26.8 Å². The van der Waals surface area contributed by atoms with Crippen molar-refractivity contribution in [3.05, 3.63) is 83.0 Å². The Morgan fingerprint density at radius 2 is 1.54 bits per heavy atom. The Morgan fingerprint density at radius 1 is 0.833 bits per heavy atom. The van der Waals surface area contributed by atoms with Crippen LogP contribution in [-0.2, 0) is 0 Å². The lowest BCUT2D eigenvalue weighted by Gasteiger charge is -2.06. The lowest BCUT2D eigenvalue weighted by molar-refractivity contribution is 1.05. The molecule has 2 aromatic heterocycles. The predicted octanol–water partition coefficient (Wildman–Crippen LogP) is 6.46. The molecular weight excluding hydrogens is 359 g/mol. The summed E-state index contributed by atoms with van der Waals surface area (Å²) >= 11 is 13.9. The first-order chi connectivity index (χ1) is 11.7. The molecule has 5 heteroatoms. The molecule has 24 heavy (non-hydrogen) atoms. The van der Waals surface area contributed by atoms with Gasteiger partial charge >= 0.3 is 0 Å². The highest BCUT2D eigenvalue weighted by atomic mass is 35.5. The third kappa shape index (κ3) is 3.03. The van der Waals surface area contributed by atoms with E-state index >= 15 is 0 Å². The molecule has 0 amide bonds. The molecule has 4 aromatic rings. The van der Waals surface area contributed by atoms with E-state index in [9.17, 15) is 0 Å². The van der Waals surface area contributed by atoms with Gasteiger partial charge in [-0.05, 0) is 30.3 Å². The zero-order valence-corrected chi connectivity index (χ0v) is 14.8. The van der Waals surface area contributed by atoms with Crippen molar-refractivity contribution in [2.75, 3.05) is 0 Å². The van der Waals surface area contributed by atoms with Crippen molar-refractivity contribution in [3.63, 3.8) is 0 Å². The summed E-state index contributed by atoms with van der Waals surface area (Å²) in [6, 6.07) is 21.7. The number of hydrogen-bond acceptors (Lipinski definition) is 2. The van der Waals surface area contributed by atoms with E-state index < -0.39 is 0 Å². The molecule has 2 heterocycles. The second kappa shape index (κ2) is 6.52. The maximum Gasteiger partial charge on any atom is 0.138 e. The zero-order chi connectivity index (χ0) is 16.5. The van der Waals surface area contributed by atoms with Crippen molar-refractivity contribution in [1.82, 2.24) is 9.38 Å². The Hall–Kier alpha value is -1.94. The van der Waals surface area contributed by atoms with Crippen LogP contribution in [0.1, 0.15) is 0 Å². The van der Waals surface area contributed by atoms with Gasteiger partial charge in [0.15, 0.2) is 0 Å². The minimum absolute atomic E-state index is 0.625. The number of benzene rings is 2. The molecule has 0 fully saturated rings. The molecule has 0 N–H and O–H groups in total. The van der Waals surface area contributed by atoms with Gasteiger partial charge in [-0.25, -0.2) is 4.98 Å². The van der Waals surface area contributed by atoms with Gasteiger partial charge in [-0.3, -0.25) is 4.40 Å². The summed E-state index contributed by atoms with van der Waals surface area (Å²) in [7, 11) is 0. The van der Waals surface area contributed by atoms with Crippen LogP contribution in [0.15, 0.2) is 82.8 Å². The van der Waals surface area contributed by atoms with Gasteiger partial charge in [0.1, 0.15) is 16.4 Å². The van der Waals surface area contributed by atoms with Crippen LogP contribution in [0.5, 0.6) is 0 Å². The fraction of sp³-hybridized carbons (Fsp3) is 0. The Bertz CT molecular complexity index is 992. The molecule has 2 nitrogen and oxygen atoms in total. The van der Waals surface area contributed by atoms with Crippen LogP contribution in [0.25, 0.3) is 16.9 Å². The second-order valence-corrected chi connectivity index (χ2v) is 7.20. The topological polar surface area (TPSA) is 17.3 Å². The number of aromatic nitrogens is 2. The minimum Gasteiger partial charge on any atom is -0.294 e. The zero-order valence-electron chi connectivity index (χ0n) is 12.5. The van der Waals surface area contributed by atoms with Gasteiger partial charge in [0, 0.05) is 26.7 Å². The molecule has 0 bridgehead atoms. The summed E-state index contributed by atoms with van der Waals surface area (Å²) in [5.74, 6) is 0. The van der Waals surface area contributed by atoms with Gasteiger partial charge in [-0.15, -0.1) is 0 Å². The van der Waals surface area contributed by atoms with E-state index in [4.69, 9.17) is 28.2 Å². The Labute approximate surface area is 154 Å². The van der Waals surface area contributed by atoms with Crippen molar-refractivity contribution >= 4 is 40.6 Å². The first-order valence-electron chi connectivity index (χ1n) is 7.37. The molecular formula is C19H12Cl2N2S. The Balaban J connectivity index is 1.89. The van der Waals surface area contributed by atoms with Crippen LogP contribution in [0, 0.1) is 0 Å². The van der Waals surface area contributed by atoms with E-state index in [2.05, 4.69) is 16.5 Å². The molecule has 2 aromatic carbocycles. The summed E-state index contributed by atoms with van der Waals surface area (Å²) in [5, 5.41) is 2.29. The molecule has 0 spiro atoms. The SMILES string of the molecule is Clc1cc(Cl)cc(Sc2c(-c3ccccc3)nc3ccccn23)c1. The monoisotopic (exact) mass is 370 g/mol. The number of nitrogens with zero attached hydrogens (tertiary/aromatic N) is 2. The molecule has 0 aliphatic carbocycles. The summed E-state index contributed by atoms with van der Waals surface area (Å²) in [5.41, 5.74) is 2.94. The maximum absolute atomic E-state index is 6.15. The number of rotatable bonds is 3. The van der Waals surface area contributed by atoms with Gasteiger partial charge in [0.05, 0.1) is 0 Å². The summed E-state index contributed by atoms with van der Waals surface area (Å²) in [6.07, 6.45) is 2.02. The molecule has 0 saturated carbocycles. The van der Waals surface area contributed by atoms with Crippen LogP contribution in [0.3, 0.4) is 0 Å². The van der Waals surface area contributed by atoms with Crippen molar-refractivity contribution in [3.8, 4) is 11.3 Å². The van der Waals surface area contributed by atoms with Gasteiger partial charge in [0.2, 0.25) is 0 Å². The quantitative estimate of drug-likeness (QED) is 0.411. The average Bonchev–Trinajstić information content (AvgIpc) is 2.94. The second-order valence-electron chi connectivity index (χ2n) is 5.27. The van der Waals surface area contributed by atoms with Gasteiger partial charge in [0.25, 0.3) is 0 Å². The van der Waals surface area contributed by atoms with E-state index in [-0.39, 0.29) is 0 Å². The molecule has 0 radical (unpaired) electrons. The predicted molar refractivity (Wildman–Crippen MR) is 101 cm³/mol. The molecule has 0 aliphatic rings. The van der Waals surface area contributed by atoms with Crippen LogP contribution in [-0.4, -0.2) is 9.38 Å². The first kappa shape index (κ1) is 15.6. The van der Waals surface area contributed by atoms with E-state index in [0.29, 0.717) is 10.0 Å². The van der Waals surface area contributed by atoms with Crippen molar-refractivity contribution in [2.45, 2.75) is 9.92 Å². The highest BCUT2D eigenvalue weighted by molar-refractivity contribution is 7.99. The number of fused-ring (bicyclic) bond motifs is 1. The van der Waals surface area contributed by atoms with Gasteiger partial charge in [-0.2, -0.15) is 0 Å². The number of pyridine rings is 1. The molecule has 0 atom stereocenters. The van der Waals surface area contributed by atoms with E-state index in [1.165, 1.54) is 0 Å². The molecule has 0 aliphatic heterocycles. The smallest absolute Gasteiger partial charge is 0.138 e. The number of hydrogen-bond donors (Lipinski definition) is 0. The first-order valence-corrected chi connectivity index (χ1v) is 8.94. The molecule has 0 saturated heterocycles. The van der Waals surface area contributed by atoms with Gasteiger partial charge in [-0.1, -0.05) is 71.4 Å². The van der Waals surface area contributed by atoms with Crippen molar-refractivity contribution < 1.29 is 0 Å². The molecule has 4 rings (SSSR count). The number of imidazole rings is 1. The standard InChI is InChI=1S/C19H12Cl2N2S/c20-14-10-15(21)12-16(11-14)24-19-18(13-6-2-1-3-7-13)22-17-8-4-5-9-23(17)19/h1-12H. The third-order valence-electron chi connectivity index (χ3n) is 3.58.